The average Bonchev–Trinajstić information content (AvgIpc) is 3.00. The molecule has 7 nitrogen and oxygen atoms in total. The van der Waals surface area contributed by atoms with Crippen molar-refractivity contribution in [1.29, 1.82) is 0 Å². The molecule has 0 bridgehead atoms. The van der Waals surface area contributed by atoms with Crippen LogP contribution in [0, 0.1) is 6.92 Å². The molecule has 1 aromatic carbocycles. The first-order valence-corrected chi connectivity index (χ1v) is 10.1. The molecule has 2 aromatic rings. The van der Waals surface area contributed by atoms with Gasteiger partial charge in [0.1, 0.15) is 5.75 Å². The summed E-state index contributed by atoms with van der Waals surface area (Å²) in [6, 6.07) is 9.24. The van der Waals surface area contributed by atoms with Crippen molar-refractivity contribution in [3.8, 4) is 5.75 Å². The number of rotatable bonds is 7. The summed E-state index contributed by atoms with van der Waals surface area (Å²) in [6.45, 7) is 2.21. The molecule has 8 heteroatoms. The molecule has 1 aliphatic rings. The molecule has 1 aliphatic heterocycles. The Bertz CT molecular complexity index is 1020. The van der Waals surface area contributed by atoms with E-state index in [1.807, 2.05) is 25.1 Å². The van der Waals surface area contributed by atoms with Crippen molar-refractivity contribution >= 4 is 41.0 Å². The fourth-order valence-electron chi connectivity index (χ4n) is 2.80. The van der Waals surface area contributed by atoms with Gasteiger partial charge in [0, 0.05) is 37.1 Å². The molecule has 1 aromatic heterocycles. The molecule has 30 heavy (non-hydrogen) atoms. The zero-order valence-corrected chi connectivity index (χ0v) is 17.4. The predicted octanol–water partition coefficient (Wildman–Crippen LogP) is 3.26. The lowest BCUT2D eigenvalue weighted by Gasteiger charge is -2.12. The van der Waals surface area contributed by atoms with Gasteiger partial charge in [0.2, 0.25) is 5.91 Å². The average molecular weight is 423 g/mol. The van der Waals surface area contributed by atoms with Crippen molar-refractivity contribution in [1.82, 2.24) is 15.2 Å². The number of ether oxygens (including phenoxy) is 1. The van der Waals surface area contributed by atoms with E-state index < -0.39 is 0 Å². The lowest BCUT2D eigenvalue weighted by molar-refractivity contribution is -0.123. The van der Waals surface area contributed by atoms with Gasteiger partial charge in [0.15, 0.2) is 0 Å². The van der Waals surface area contributed by atoms with Crippen LogP contribution in [0.2, 0.25) is 0 Å². The van der Waals surface area contributed by atoms with E-state index in [-0.39, 0.29) is 30.1 Å². The summed E-state index contributed by atoms with van der Waals surface area (Å²) in [5.41, 5.74) is 2.58. The van der Waals surface area contributed by atoms with Gasteiger partial charge in [-0.3, -0.25) is 24.3 Å². The summed E-state index contributed by atoms with van der Waals surface area (Å²) in [4.78, 5) is 42.2. The van der Waals surface area contributed by atoms with Gasteiger partial charge in [-0.05, 0) is 54.6 Å². The Morgan fingerprint density at radius 2 is 2.13 bits per heavy atom. The molecule has 0 spiro atoms. The van der Waals surface area contributed by atoms with Crippen molar-refractivity contribution in [2.24, 2.45) is 0 Å². The zero-order valence-electron chi connectivity index (χ0n) is 16.6. The minimum absolute atomic E-state index is 0.0996. The SMILES string of the molecule is COc1ccc(C)cc1/C=C/C(=O)NCCN1C(=O)S/C(=C\c2cccnc2)C1=O. The topological polar surface area (TPSA) is 88.6 Å². The maximum absolute atomic E-state index is 12.5. The van der Waals surface area contributed by atoms with Crippen LogP contribution in [0.4, 0.5) is 4.79 Å². The van der Waals surface area contributed by atoms with Crippen LogP contribution < -0.4 is 10.1 Å². The van der Waals surface area contributed by atoms with E-state index in [4.69, 9.17) is 4.74 Å². The third-order valence-corrected chi connectivity index (χ3v) is 5.20. The second-order valence-corrected chi connectivity index (χ2v) is 7.48. The Morgan fingerprint density at radius 1 is 1.30 bits per heavy atom. The Hall–Kier alpha value is -3.39. The smallest absolute Gasteiger partial charge is 0.293 e. The highest BCUT2D eigenvalue weighted by Gasteiger charge is 2.34. The van der Waals surface area contributed by atoms with Crippen molar-refractivity contribution in [3.05, 3.63) is 70.4 Å². The van der Waals surface area contributed by atoms with Crippen LogP contribution in [-0.2, 0) is 9.59 Å². The number of hydrogen-bond donors (Lipinski definition) is 1. The number of methoxy groups -OCH3 is 1. The number of carbonyl (C=O) groups is 3. The van der Waals surface area contributed by atoms with E-state index in [0.717, 1.165) is 33.4 Å². The molecule has 154 valence electrons. The number of pyridine rings is 1. The number of aromatic nitrogens is 1. The third-order valence-electron chi connectivity index (χ3n) is 4.29. The van der Waals surface area contributed by atoms with Crippen LogP contribution in [0.15, 0.2) is 53.7 Å². The molecule has 3 rings (SSSR count). The molecule has 0 atom stereocenters. The standard InChI is InChI=1S/C22H21N3O4S/c1-15-5-7-18(29-2)17(12-15)6-8-20(26)24-10-11-25-21(27)19(30-22(25)28)13-16-4-3-9-23-14-16/h3-9,12-14H,10-11H2,1-2H3,(H,24,26)/b8-6+,19-13-. The highest BCUT2D eigenvalue weighted by atomic mass is 32.2. The zero-order chi connectivity index (χ0) is 21.5. The summed E-state index contributed by atoms with van der Waals surface area (Å²) in [6.07, 6.45) is 7.94. The van der Waals surface area contributed by atoms with Crippen molar-refractivity contribution in [2.75, 3.05) is 20.2 Å². The Morgan fingerprint density at radius 3 is 2.87 bits per heavy atom. The van der Waals surface area contributed by atoms with E-state index >= 15 is 0 Å². The number of imide groups is 1. The number of nitrogens with one attached hydrogen (secondary N) is 1. The van der Waals surface area contributed by atoms with Crippen molar-refractivity contribution < 1.29 is 19.1 Å². The molecule has 3 amide bonds. The van der Waals surface area contributed by atoms with E-state index in [1.165, 1.54) is 6.08 Å². The summed E-state index contributed by atoms with van der Waals surface area (Å²) in [5, 5.41) is 2.33. The monoisotopic (exact) mass is 423 g/mol. The Balaban J connectivity index is 1.54. The first-order valence-electron chi connectivity index (χ1n) is 9.24. The maximum atomic E-state index is 12.5. The molecule has 1 saturated heterocycles. The van der Waals surface area contributed by atoms with Crippen LogP contribution in [0.1, 0.15) is 16.7 Å². The van der Waals surface area contributed by atoms with Gasteiger partial charge in [0.25, 0.3) is 11.1 Å². The number of hydrogen-bond acceptors (Lipinski definition) is 6. The third kappa shape index (κ3) is 5.36. The van der Waals surface area contributed by atoms with E-state index in [9.17, 15) is 14.4 Å². The largest absolute Gasteiger partial charge is 0.496 e. The molecular weight excluding hydrogens is 402 g/mol. The number of thioether (sulfide) groups is 1. The van der Waals surface area contributed by atoms with Gasteiger partial charge >= 0.3 is 0 Å². The number of benzene rings is 1. The molecule has 0 unspecified atom stereocenters. The molecule has 1 N–H and O–H groups in total. The summed E-state index contributed by atoms with van der Waals surface area (Å²) in [7, 11) is 1.57. The molecule has 0 aliphatic carbocycles. The first kappa shape index (κ1) is 21.3. The number of aryl methyl sites for hydroxylation is 1. The van der Waals surface area contributed by atoms with E-state index in [0.29, 0.717) is 10.7 Å². The maximum Gasteiger partial charge on any atom is 0.293 e. The fourth-order valence-corrected chi connectivity index (χ4v) is 3.67. The Kier molecular flexibility index (Phi) is 7.03. The highest BCUT2D eigenvalue weighted by molar-refractivity contribution is 8.18. The van der Waals surface area contributed by atoms with Gasteiger partial charge in [-0.1, -0.05) is 17.7 Å². The Labute approximate surface area is 178 Å². The minimum Gasteiger partial charge on any atom is -0.496 e. The summed E-state index contributed by atoms with van der Waals surface area (Å²) in [5.74, 6) is -0.0255. The normalized spacial score (nSPS) is 15.3. The molecule has 2 heterocycles. The number of carbonyl (C=O) groups excluding carboxylic acids is 3. The second-order valence-electron chi connectivity index (χ2n) is 6.49. The quantitative estimate of drug-likeness (QED) is 0.688. The van der Waals surface area contributed by atoms with Crippen molar-refractivity contribution in [2.45, 2.75) is 6.92 Å². The predicted molar refractivity (Wildman–Crippen MR) is 117 cm³/mol. The van der Waals surface area contributed by atoms with Gasteiger partial charge in [-0.15, -0.1) is 0 Å². The summed E-state index contributed by atoms with van der Waals surface area (Å²) >= 11 is 0.879. The van der Waals surface area contributed by atoms with Crippen molar-refractivity contribution in [3.63, 3.8) is 0 Å². The van der Waals surface area contributed by atoms with Crippen LogP contribution in [0.3, 0.4) is 0 Å². The molecule has 1 fully saturated rings. The number of nitrogens with zero attached hydrogens (tertiary/aromatic N) is 2. The summed E-state index contributed by atoms with van der Waals surface area (Å²) < 4.78 is 5.28. The van der Waals surface area contributed by atoms with Crippen LogP contribution >= 0.6 is 11.8 Å². The lowest BCUT2D eigenvalue weighted by Crippen LogP contribution is -2.36. The van der Waals surface area contributed by atoms with Crippen LogP contribution in [0.5, 0.6) is 5.75 Å². The first-order chi connectivity index (χ1) is 14.5. The van der Waals surface area contributed by atoms with Crippen LogP contribution in [-0.4, -0.2) is 47.1 Å². The molecular formula is C22H21N3O4S. The number of amides is 3. The highest BCUT2D eigenvalue weighted by Crippen LogP contribution is 2.31. The fraction of sp³-hybridized carbons (Fsp3) is 0.182. The molecule has 0 saturated carbocycles. The van der Waals surface area contributed by atoms with Gasteiger partial charge in [-0.2, -0.15) is 0 Å². The lowest BCUT2D eigenvalue weighted by atomic mass is 10.1. The minimum atomic E-state index is -0.372. The van der Waals surface area contributed by atoms with E-state index in [1.54, 1.807) is 43.8 Å². The van der Waals surface area contributed by atoms with E-state index in [2.05, 4.69) is 10.3 Å². The van der Waals surface area contributed by atoms with Gasteiger partial charge in [-0.25, -0.2) is 0 Å². The van der Waals surface area contributed by atoms with Gasteiger partial charge < -0.3 is 10.1 Å². The molecule has 0 radical (unpaired) electrons. The van der Waals surface area contributed by atoms with Gasteiger partial charge in [0.05, 0.1) is 12.0 Å². The van der Waals surface area contributed by atoms with Crippen LogP contribution in [0.25, 0.3) is 12.2 Å². The second kappa shape index (κ2) is 9.89.